The van der Waals surface area contributed by atoms with Crippen LogP contribution in [0.2, 0.25) is 0 Å². The van der Waals surface area contributed by atoms with Crippen LogP contribution < -0.4 is 10.5 Å². The lowest BCUT2D eigenvalue weighted by Crippen LogP contribution is -2.55. The molecular formula is C33H35FN8O3. The molecule has 0 bridgehead atoms. The van der Waals surface area contributed by atoms with E-state index in [2.05, 4.69) is 20.9 Å². The van der Waals surface area contributed by atoms with Crippen LogP contribution >= 0.6 is 0 Å². The van der Waals surface area contributed by atoms with Crippen LogP contribution in [0.5, 0.6) is 11.5 Å². The zero-order chi connectivity index (χ0) is 31.7. The van der Waals surface area contributed by atoms with E-state index in [4.69, 9.17) is 20.3 Å². The van der Waals surface area contributed by atoms with Crippen LogP contribution in [0, 0.1) is 17.1 Å². The number of hydrogen-bond donors (Lipinski definition) is 1. The zero-order valence-corrected chi connectivity index (χ0v) is 25.5. The highest BCUT2D eigenvalue weighted by molar-refractivity contribution is 5.99. The maximum atomic E-state index is 15.6. The van der Waals surface area contributed by atoms with Gasteiger partial charge in [0.1, 0.15) is 46.8 Å². The van der Waals surface area contributed by atoms with E-state index in [9.17, 15) is 10.1 Å². The molecule has 2 aromatic carbocycles. The number of likely N-dealkylation sites (tertiary alicyclic amines) is 1. The first-order valence-corrected chi connectivity index (χ1v) is 14.9. The van der Waals surface area contributed by atoms with Gasteiger partial charge in [-0.1, -0.05) is 18.2 Å². The minimum atomic E-state index is -0.541. The number of amides is 1. The summed E-state index contributed by atoms with van der Waals surface area (Å²) in [6.07, 6.45) is 4.57. The van der Waals surface area contributed by atoms with Gasteiger partial charge in [-0.3, -0.25) is 9.69 Å². The van der Waals surface area contributed by atoms with Crippen molar-refractivity contribution in [3.8, 4) is 28.8 Å². The van der Waals surface area contributed by atoms with Gasteiger partial charge in [0.05, 0.1) is 37.2 Å². The Morgan fingerprint density at radius 2 is 2.00 bits per heavy atom. The lowest BCUT2D eigenvalue weighted by Gasteiger charge is -2.43. The van der Waals surface area contributed by atoms with Gasteiger partial charge in [-0.25, -0.2) is 19.0 Å². The SMILES string of the molecule is CN(C1COC1)C(C)(C)C=C(C#N)C(=O)N1CCC[C@@H]1Cn1nc(-c2ccc(Oc3ccccc3)cc2F)c2c(N)ncnc21. The molecule has 4 aromatic rings. The van der Waals surface area contributed by atoms with Gasteiger partial charge in [-0.15, -0.1) is 0 Å². The van der Waals surface area contributed by atoms with Gasteiger partial charge in [-0.2, -0.15) is 10.4 Å². The number of likely N-dealkylation sites (N-methyl/N-ethyl adjacent to an activating group) is 1. The van der Waals surface area contributed by atoms with Crippen molar-refractivity contribution in [2.75, 3.05) is 32.5 Å². The number of fused-ring (bicyclic) bond motifs is 1. The van der Waals surface area contributed by atoms with Crippen molar-refractivity contribution in [1.29, 1.82) is 5.26 Å². The first kappa shape index (κ1) is 30.2. The predicted molar refractivity (Wildman–Crippen MR) is 167 cm³/mol. The third kappa shape index (κ3) is 5.96. The van der Waals surface area contributed by atoms with E-state index in [1.165, 1.54) is 12.4 Å². The third-order valence-corrected chi connectivity index (χ3v) is 8.68. The number of rotatable bonds is 9. The second-order valence-electron chi connectivity index (χ2n) is 12.0. The van der Waals surface area contributed by atoms with E-state index in [1.54, 1.807) is 39.9 Å². The van der Waals surface area contributed by atoms with Crippen molar-refractivity contribution < 1.29 is 18.7 Å². The summed E-state index contributed by atoms with van der Waals surface area (Å²) in [6.45, 7) is 6.02. The normalized spacial score (nSPS) is 17.5. The fourth-order valence-corrected chi connectivity index (χ4v) is 5.88. The molecule has 0 radical (unpaired) electrons. The Labute approximate surface area is 260 Å². The number of ether oxygens (including phenoxy) is 2. The molecule has 4 heterocycles. The average Bonchev–Trinajstić information content (AvgIpc) is 3.61. The van der Waals surface area contributed by atoms with Gasteiger partial charge in [0.25, 0.3) is 5.91 Å². The number of para-hydroxylation sites is 1. The number of nitrogens with zero attached hydrogens (tertiary/aromatic N) is 7. The number of carbonyl (C=O) groups excluding carboxylic acids is 1. The smallest absolute Gasteiger partial charge is 0.264 e. The molecule has 232 valence electrons. The highest BCUT2D eigenvalue weighted by Gasteiger charge is 2.36. The molecule has 45 heavy (non-hydrogen) atoms. The fourth-order valence-electron chi connectivity index (χ4n) is 5.88. The molecule has 1 amide bonds. The monoisotopic (exact) mass is 610 g/mol. The van der Waals surface area contributed by atoms with Crippen LogP contribution in [-0.2, 0) is 16.1 Å². The van der Waals surface area contributed by atoms with Gasteiger partial charge < -0.3 is 20.1 Å². The Balaban J connectivity index is 1.28. The molecule has 2 N–H and O–H groups in total. The van der Waals surface area contributed by atoms with Gasteiger partial charge in [0.2, 0.25) is 0 Å². The van der Waals surface area contributed by atoms with E-state index >= 15 is 4.39 Å². The molecule has 0 spiro atoms. The number of anilines is 1. The first-order chi connectivity index (χ1) is 21.7. The Bertz CT molecular complexity index is 1790. The van der Waals surface area contributed by atoms with Gasteiger partial charge in [0, 0.05) is 23.7 Å². The maximum Gasteiger partial charge on any atom is 0.264 e. The molecule has 0 aliphatic carbocycles. The van der Waals surface area contributed by atoms with Crippen LogP contribution in [0.15, 0.2) is 66.5 Å². The van der Waals surface area contributed by atoms with E-state index in [1.807, 2.05) is 39.1 Å². The first-order valence-electron chi connectivity index (χ1n) is 14.9. The van der Waals surface area contributed by atoms with Crippen molar-refractivity contribution in [2.24, 2.45) is 0 Å². The second kappa shape index (κ2) is 12.3. The lowest BCUT2D eigenvalue weighted by atomic mass is 9.96. The molecule has 1 atom stereocenters. The number of carbonyl (C=O) groups is 1. The van der Waals surface area contributed by atoms with Crippen molar-refractivity contribution in [2.45, 2.75) is 50.9 Å². The molecule has 12 heteroatoms. The van der Waals surface area contributed by atoms with Crippen LogP contribution in [0.1, 0.15) is 26.7 Å². The minimum Gasteiger partial charge on any atom is -0.457 e. The highest BCUT2D eigenvalue weighted by atomic mass is 19.1. The molecular weight excluding hydrogens is 575 g/mol. The van der Waals surface area contributed by atoms with Crippen molar-refractivity contribution >= 4 is 22.8 Å². The molecule has 6 rings (SSSR count). The van der Waals surface area contributed by atoms with E-state index in [0.29, 0.717) is 54.4 Å². The molecule has 2 aliphatic rings. The number of benzene rings is 2. The van der Waals surface area contributed by atoms with Gasteiger partial charge >= 0.3 is 0 Å². The molecule has 11 nitrogen and oxygen atoms in total. The van der Waals surface area contributed by atoms with Crippen LogP contribution in [0.4, 0.5) is 10.2 Å². The number of nitrogens with two attached hydrogens (primary N) is 1. The average molecular weight is 611 g/mol. The van der Waals surface area contributed by atoms with Gasteiger partial charge in [-0.05, 0) is 64.1 Å². The molecule has 2 aliphatic heterocycles. The van der Waals surface area contributed by atoms with Gasteiger partial charge in [0.15, 0.2) is 5.65 Å². The van der Waals surface area contributed by atoms with Crippen molar-refractivity contribution in [3.05, 3.63) is 72.3 Å². The zero-order valence-electron chi connectivity index (χ0n) is 25.5. The Hall–Kier alpha value is -4.86. The summed E-state index contributed by atoms with van der Waals surface area (Å²) < 4.78 is 28.3. The molecule has 0 unspecified atom stereocenters. The summed E-state index contributed by atoms with van der Waals surface area (Å²) >= 11 is 0. The third-order valence-electron chi connectivity index (χ3n) is 8.68. The van der Waals surface area contributed by atoms with Crippen LogP contribution in [0.3, 0.4) is 0 Å². The molecule has 2 aromatic heterocycles. The Kier molecular flexibility index (Phi) is 8.22. The Morgan fingerprint density at radius 1 is 1.22 bits per heavy atom. The number of aromatic nitrogens is 4. The molecule has 2 saturated heterocycles. The quantitative estimate of drug-likeness (QED) is 0.214. The highest BCUT2D eigenvalue weighted by Crippen LogP contribution is 2.35. The van der Waals surface area contributed by atoms with Crippen LogP contribution in [-0.4, -0.2) is 79.9 Å². The Morgan fingerprint density at radius 3 is 2.69 bits per heavy atom. The summed E-state index contributed by atoms with van der Waals surface area (Å²) in [5, 5.41) is 15.2. The molecule has 2 fully saturated rings. The van der Waals surface area contributed by atoms with E-state index in [-0.39, 0.29) is 41.5 Å². The number of nitrogen functional groups attached to an aromatic ring is 1. The minimum absolute atomic E-state index is 0.0939. The predicted octanol–water partition coefficient (Wildman–Crippen LogP) is 4.56. The topological polar surface area (TPSA) is 135 Å². The van der Waals surface area contributed by atoms with E-state index in [0.717, 1.165) is 6.42 Å². The lowest BCUT2D eigenvalue weighted by molar-refractivity contribution is -0.127. The number of halogens is 1. The summed E-state index contributed by atoms with van der Waals surface area (Å²) in [6, 6.07) is 15.8. The summed E-state index contributed by atoms with van der Waals surface area (Å²) in [4.78, 5) is 26.2. The number of nitriles is 1. The fraction of sp³-hybridized carbons (Fsp3) is 0.364. The molecule has 0 saturated carbocycles. The summed E-state index contributed by atoms with van der Waals surface area (Å²) in [5.74, 6) is 0.235. The summed E-state index contributed by atoms with van der Waals surface area (Å²) in [7, 11) is 1.97. The second-order valence-corrected chi connectivity index (χ2v) is 12.0. The maximum absolute atomic E-state index is 15.6. The largest absolute Gasteiger partial charge is 0.457 e. The van der Waals surface area contributed by atoms with Crippen LogP contribution in [0.25, 0.3) is 22.3 Å². The standard InChI is InChI=1S/C33H35FN8O3/c1-33(2,40(3)23-18-44-19-23)15-21(16-35)32(43)41-13-7-8-22(41)17-42-31-28(30(36)37-20-38-31)29(39-42)26-12-11-25(14-27(26)34)45-24-9-5-4-6-10-24/h4-6,9-12,14-15,20,22-23H,7-8,13,17-19H2,1-3H3,(H2,36,37,38)/t22-/m1/s1. The van der Waals surface area contributed by atoms with Crippen molar-refractivity contribution in [1.82, 2.24) is 29.5 Å². The van der Waals surface area contributed by atoms with Crippen molar-refractivity contribution in [3.63, 3.8) is 0 Å². The summed E-state index contributed by atoms with van der Waals surface area (Å²) in [5.41, 5.74) is 6.79. The van der Waals surface area contributed by atoms with E-state index < -0.39 is 11.4 Å². The number of hydrogen-bond acceptors (Lipinski definition) is 9.